The number of carbonyl (C=O) groups excluding carboxylic acids is 1. The van der Waals surface area contributed by atoms with Crippen molar-refractivity contribution in [2.24, 2.45) is 5.92 Å². The third-order valence-corrected chi connectivity index (χ3v) is 3.73. The molecule has 0 amide bonds. The molecule has 0 bridgehead atoms. The number of hydrogen-bond acceptors (Lipinski definition) is 4. The SMILES string of the molecule is CC(C)(C)OC(=O)CSCCC1CCNCC1. The van der Waals surface area contributed by atoms with E-state index < -0.39 is 0 Å². The van der Waals surface area contributed by atoms with Crippen molar-refractivity contribution in [2.45, 2.75) is 45.6 Å². The predicted octanol–water partition coefficient (Wildman–Crippen LogP) is 2.45. The molecule has 3 nitrogen and oxygen atoms in total. The van der Waals surface area contributed by atoms with Crippen LogP contribution >= 0.6 is 11.8 Å². The van der Waals surface area contributed by atoms with Crippen molar-refractivity contribution in [3.8, 4) is 0 Å². The molecule has 4 heteroatoms. The van der Waals surface area contributed by atoms with E-state index in [2.05, 4.69) is 5.32 Å². The van der Waals surface area contributed by atoms with Crippen LogP contribution in [-0.4, -0.2) is 36.2 Å². The second kappa shape index (κ2) is 7.27. The zero-order valence-corrected chi connectivity index (χ0v) is 12.1. The maximum absolute atomic E-state index is 11.5. The Morgan fingerprint density at radius 1 is 1.35 bits per heavy atom. The molecule has 0 spiro atoms. The molecule has 1 N–H and O–H groups in total. The summed E-state index contributed by atoms with van der Waals surface area (Å²) < 4.78 is 5.26. The first kappa shape index (κ1) is 14.8. The minimum atomic E-state index is -0.354. The van der Waals surface area contributed by atoms with Crippen LogP contribution in [0.3, 0.4) is 0 Å². The molecule has 17 heavy (non-hydrogen) atoms. The van der Waals surface area contributed by atoms with Crippen LogP contribution in [0.15, 0.2) is 0 Å². The lowest BCUT2D eigenvalue weighted by molar-refractivity contribution is -0.151. The van der Waals surface area contributed by atoms with Crippen LogP contribution in [-0.2, 0) is 9.53 Å². The molecule has 1 heterocycles. The van der Waals surface area contributed by atoms with Gasteiger partial charge in [0.15, 0.2) is 0 Å². The third-order valence-electron chi connectivity index (χ3n) is 2.77. The van der Waals surface area contributed by atoms with Gasteiger partial charge in [-0.1, -0.05) is 0 Å². The van der Waals surface area contributed by atoms with Crippen LogP contribution in [0.25, 0.3) is 0 Å². The highest BCUT2D eigenvalue weighted by Gasteiger charge is 2.16. The van der Waals surface area contributed by atoms with E-state index in [1.165, 1.54) is 19.3 Å². The van der Waals surface area contributed by atoms with Crippen LogP contribution < -0.4 is 5.32 Å². The number of thioether (sulfide) groups is 1. The van der Waals surface area contributed by atoms with Crippen molar-refractivity contribution in [2.75, 3.05) is 24.6 Å². The molecule has 1 aliphatic heterocycles. The molecule has 0 unspecified atom stereocenters. The highest BCUT2D eigenvalue weighted by atomic mass is 32.2. The minimum absolute atomic E-state index is 0.0900. The Morgan fingerprint density at radius 2 is 2.00 bits per heavy atom. The number of carbonyl (C=O) groups is 1. The van der Waals surface area contributed by atoms with Crippen LogP contribution in [0, 0.1) is 5.92 Å². The van der Waals surface area contributed by atoms with Crippen LogP contribution in [0.2, 0.25) is 0 Å². The molecular weight excluding hydrogens is 234 g/mol. The van der Waals surface area contributed by atoms with Gasteiger partial charge < -0.3 is 10.1 Å². The van der Waals surface area contributed by atoms with Gasteiger partial charge in [-0.25, -0.2) is 0 Å². The van der Waals surface area contributed by atoms with Gasteiger partial charge in [-0.3, -0.25) is 4.79 Å². The fraction of sp³-hybridized carbons (Fsp3) is 0.923. The smallest absolute Gasteiger partial charge is 0.316 e. The Morgan fingerprint density at radius 3 is 2.59 bits per heavy atom. The van der Waals surface area contributed by atoms with Gasteiger partial charge in [-0.15, -0.1) is 0 Å². The molecule has 0 aliphatic carbocycles. The number of esters is 1. The van der Waals surface area contributed by atoms with Gasteiger partial charge in [0.2, 0.25) is 0 Å². The topological polar surface area (TPSA) is 38.3 Å². The van der Waals surface area contributed by atoms with Crippen molar-refractivity contribution in [3.05, 3.63) is 0 Å². The van der Waals surface area contributed by atoms with Crippen molar-refractivity contribution in [1.82, 2.24) is 5.32 Å². The Kier molecular flexibility index (Phi) is 6.34. The fourth-order valence-electron chi connectivity index (χ4n) is 1.95. The minimum Gasteiger partial charge on any atom is -0.459 e. The summed E-state index contributed by atoms with van der Waals surface area (Å²) in [5.74, 6) is 2.32. The second-order valence-corrected chi connectivity index (χ2v) is 6.73. The monoisotopic (exact) mass is 259 g/mol. The Balaban J connectivity index is 2.01. The average Bonchev–Trinajstić information content (AvgIpc) is 2.23. The molecule has 1 fully saturated rings. The van der Waals surface area contributed by atoms with Crippen molar-refractivity contribution in [1.29, 1.82) is 0 Å². The van der Waals surface area contributed by atoms with E-state index >= 15 is 0 Å². The van der Waals surface area contributed by atoms with E-state index in [9.17, 15) is 4.79 Å². The van der Waals surface area contributed by atoms with Crippen LogP contribution in [0.4, 0.5) is 0 Å². The lowest BCUT2D eigenvalue weighted by Gasteiger charge is -2.22. The number of nitrogens with one attached hydrogen (secondary N) is 1. The molecule has 0 atom stereocenters. The average molecular weight is 259 g/mol. The zero-order valence-electron chi connectivity index (χ0n) is 11.3. The standard InChI is InChI=1S/C13H25NO2S/c1-13(2,3)16-12(15)10-17-9-6-11-4-7-14-8-5-11/h11,14H,4-10H2,1-3H3. The summed E-state index contributed by atoms with van der Waals surface area (Å²) in [7, 11) is 0. The highest BCUT2D eigenvalue weighted by molar-refractivity contribution is 7.99. The Labute approximate surface area is 109 Å². The van der Waals surface area contributed by atoms with Gasteiger partial charge in [0, 0.05) is 0 Å². The Hall–Kier alpha value is -0.220. The van der Waals surface area contributed by atoms with E-state index in [1.54, 1.807) is 11.8 Å². The molecule has 0 aromatic heterocycles. The van der Waals surface area contributed by atoms with Gasteiger partial charge in [-0.2, -0.15) is 11.8 Å². The predicted molar refractivity (Wildman–Crippen MR) is 73.4 cm³/mol. The summed E-state index contributed by atoms with van der Waals surface area (Å²) in [6, 6.07) is 0. The van der Waals surface area contributed by atoms with Gasteiger partial charge in [0.05, 0.1) is 5.75 Å². The molecule has 0 radical (unpaired) electrons. The molecule has 1 saturated heterocycles. The van der Waals surface area contributed by atoms with Crippen LogP contribution in [0.5, 0.6) is 0 Å². The van der Waals surface area contributed by atoms with Gasteiger partial charge >= 0.3 is 5.97 Å². The molecule has 0 saturated carbocycles. The number of ether oxygens (including phenoxy) is 1. The summed E-state index contributed by atoms with van der Waals surface area (Å²) >= 11 is 1.70. The first-order chi connectivity index (χ1) is 7.97. The maximum atomic E-state index is 11.5. The largest absolute Gasteiger partial charge is 0.459 e. The van der Waals surface area contributed by atoms with E-state index in [1.807, 2.05) is 20.8 Å². The number of hydrogen-bond donors (Lipinski definition) is 1. The quantitative estimate of drug-likeness (QED) is 0.608. The number of rotatable bonds is 5. The normalized spacial score (nSPS) is 18.1. The third kappa shape index (κ3) is 7.66. The zero-order chi connectivity index (χ0) is 12.7. The summed E-state index contributed by atoms with van der Waals surface area (Å²) in [6.07, 6.45) is 3.80. The van der Waals surface area contributed by atoms with Crippen LogP contribution in [0.1, 0.15) is 40.0 Å². The maximum Gasteiger partial charge on any atom is 0.316 e. The molecule has 0 aromatic rings. The van der Waals surface area contributed by atoms with E-state index in [0.717, 1.165) is 24.8 Å². The lowest BCUT2D eigenvalue weighted by Crippen LogP contribution is -2.28. The second-order valence-electron chi connectivity index (χ2n) is 5.62. The van der Waals surface area contributed by atoms with E-state index in [-0.39, 0.29) is 11.6 Å². The first-order valence-corrected chi connectivity index (χ1v) is 7.63. The summed E-state index contributed by atoms with van der Waals surface area (Å²) in [6.45, 7) is 8.03. The Bertz CT molecular complexity index is 232. The van der Waals surface area contributed by atoms with Gasteiger partial charge in [-0.05, 0) is 64.8 Å². The van der Waals surface area contributed by atoms with E-state index in [0.29, 0.717) is 5.75 Å². The molecule has 100 valence electrons. The van der Waals surface area contributed by atoms with Gasteiger partial charge in [0.25, 0.3) is 0 Å². The van der Waals surface area contributed by atoms with E-state index in [4.69, 9.17) is 4.74 Å². The first-order valence-electron chi connectivity index (χ1n) is 6.48. The summed E-state index contributed by atoms with van der Waals surface area (Å²) in [4.78, 5) is 11.5. The molecule has 0 aromatic carbocycles. The molecule has 1 aliphatic rings. The highest BCUT2D eigenvalue weighted by Crippen LogP contribution is 2.19. The van der Waals surface area contributed by atoms with Crippen molar-refractivity contribution >= 4 is 17.7 Å². The summed E-state index contributed by atoms with van der Waals surface area (Å²) in [5, 5.41) is 3.37. The lowest BCUT2D eigenvalue weighted by atomic mass is 9.96. The molecule has 1 rings (SSSR count). The van der Waals surface area contributed by atoms with Gasteiger partial charge in [0.1, 0.15) is 5.60 Å². The summed E-state index contributed by atoms with van der Waals surface area (Å²) in [5.41, 5.74) is -0.354. The van der Waals surface area contributed by atoms with Crippen molar-refractivity contribution in [3.63, 3.8) is 0 Å². The molecular formula is C13H25NO2S. The van der Waals surface area contributed by atoms with Crippen molar-refractivity contribution < 1.29 is 9.53 Å². The fourth-order valence-corrected chi connectivity index (χ4v) is 2.82. The number of piperidine rings is 1.